The van der Waals surface area contributed by atoms with Crippen LogP contribution in [0.15, 0.2) is 59.3 Å². The summed E-state index contributed by atoms with van der Waals surface area (Å²) >= 11 is 0. The predicted octanol–water partition coefficient (Wildman–Crippen LogP) is 2.31. The molecule has 3 aromatic rings. The Morgan fingerprint density at radius 2 is 1.81 bits per heavy atom. The molecule has 0 atom stereocenters. The number of nitrogens with zero attached hydrogens (tertiary/aromatic N) is 3. The summed E-state index contributed by atoms with van der Waals surface area (Å²) in [5.74, 6) is 0.138. The first-order valence-corrected chi connectivity index (χ1v) is 6.39. The molecule has 6 nitrogen and oxygen atoms in total. The molecule has 0 saturated carbocycles. The Bertz CT molecular complexity index is 726. The summed E-state index contributed by atoms with van der Waals surface area (Å²) in [6.45, 7) is 0. The number of anilines is 1. The van der Waals surface area contributed by atoms with Gasteiger partial charge in [-0.1, -0.05) is 35.4 Å². The van der Waals surface area contributed by atoms with Crippen LogP contribution in [0, 0.1) is 0 Å². The number of hydrogen-bond acceptors (Lipinski definition) is 5. The monoisotopic (exact) mass is 280 g/mol. The highest BCUT2D eigenvalue weighted by Crippen LogP contribution is 2.18. The Morgan fingerprint density at radius 3 is 2.57 bits per heavy atom. The molecule has 21 heavy (non-hydrogen) atoms. The van der Waals surface area contributed by atoms with Gasteiger partial charge in [0.1, 0.15) is 0 Å². The molecular weight excluding hydrogens is 268 g/mol. The van der Waals surface area contributed by atoms with Crippen molar-refractivity contribution in [3.63, 3.8) is 0 Å². The number of rotatable bonds is 4. The number of pyridine rings is 1. The summed E-state index contributed by atoms with van der Waals surface area (Å²) in [6, 6.07) is 13.0. The minimum atomic E-state index is -0.203. The van der Waals surface area contributed by atoms with Crippen molar-refractivity contribution in [3.8, 4) is 11.5 Å². The molecule has 0 saturated heterocycles. The molecule has 0 unspecified atom stereocenters. The van der Waals surface area contributed by atoms with Crippen LogP contribution in [0.3, 0.4) is 0 Å². The lowest BCUT2D eigenvalue weighted by molar-refractivity contribution is -0.115. The van der Waals surface area contributed by atoms with E-state index in [0.29, 0.717) is 5.89 Å². The molecule has 1 aromatic carbocycles. The lowest BCUT2D eigenvalue weighted by Gasteiger charge is -2.00. The zero-order valence-electron chi connectivity index (χ0n) is 11.1. The topological polar surface area (TPSA) is 80.9 Å². The van der Waals surface area contributed by atoms with Crippen LogP contribution in [0.25, 0.3) is 11.5 Å². The molecule has 1 N–H and O–H groups in total. The standard InChI is InChI=1S/C15H12N4O2/c20-13(10-11-4-2-1-3-5-11)17-15-19-18-14(21-15)12-6-8-16-9-7-12/h1-9H,10H2,(H,17,19,20). The maximum atomic E-state index is 11.9. The van der Waals surface area contributed by atoms with Crippen LogP contribution in [0.5, 0.6) is 0 Å². The third-order valence-electron chi connectivity index (χ3n) is 2.81. The average molecular weight is 280 g/mol. The fourth-order valence-corrected chi connectivity index (χ4v) is 1.83. The smallest absolute Gasteiger partial charge is 0.322 e. The fourth-order valence-electron chi connectivity index (χ4n) is 1.83. The van der Waals surface area contributed by atoms with E-state index in [1.165, 1.54) is 0 Å². The third-order valence-corrected chi connectivity index (χ3v) is 2.81. The quantitative estimate of drug-likeness (QED) is 0.793. The van der Waals surface area contributed by atoms with Gasteiger partial charge in [0.05, 0.1) is 6.42 Å². The van der Waals surface area contributed by atoms with E-state index in [0.717, 1.165) is 11.1 Å². The molecule has 0 aliphatic rings. The normalized spacial score (nSPS) is 10.3. The summed E-state index contributed by atoms with van der Waals surface area (Å²) < 4.78 is 5.40. The molecule has 0 spiro atoms. The van der Waals surface area contributed by atoms with Crippen molar-refractivity contribution in [2.45, 2.75) is 6.42 Å². The maximum Gasteiger partial charge on any atom is 0.322 e. The van der Waals surface area contributed by atoms with Crippen molar-refractivity contribution in [2.24, 2.45) is 0 Å². The Morgan fingerprint density at radius 1 is 1.05 bits per heavy atom. The van der Waals surface area contributed by atoms with Crippen molar-refractivity contribution in [1.82, 2.24) is 15.2 Å². The number of amides is 1. The minimum Gasteiger partial charge on any atom is -0.403 e. The molecule has 1 amide bonds. The van der Waals surface area contributed by atoms with Gasteiger partial charge < -0.3 is 4.42 Å². The zero-order chi connectivity index (χ0) is 14.5. The van der Waals surface area contributed by atoms with Crippen LogP contribution >= 0.6 is 0 Å². The molecule has 2 heterocycles. The molecule has 104 valence electrons. The van der Waals surface area contributed by atoms with Gasteiger partial charge in [0.15, 0.2) is 0 Å². The number of aromatic nitrogens is 3. The van der Waals surface area contributed by atoms with Gasteiger partial charge in [0.2, 0.25) is 11.8 Å². The first kappa shape index (κ1) is 13.0. The SMILES string of the molecule is O=C(Cc1ccccc1)Nc1nnc(-c2ccncc2)o1. The highest BCUT2D eigenvalue weighted by molar-refractivity contribution is 5.90. The maximum absolute atomic E-state index is 11.9. The van der Waals surface area contributed by atoms with E-state index in [4.69, 9.17) is 4.42 Å². The largest absolute Gasteiger partial charge is 0.403 e. The molecule has 0 bridgehead atoms. The lowest BCUT2D eigenvalue weighted by Crippen LogP contribution is -2.14. The lowest BCUT2D eigenvalue weighted by atomic mass is 10.1. The Kier molecular flexibility index (Phi) is 3.68. The van der Waals surface area contributed by atoms with Gasteiger partial charge in [-0.15, -0.1) is 5.10 Å². The van der Waals surface area contributed by atoms with E-state index < -0.39 is 0 Å². The van der Waals surface area contributed by atoms with Crippen LogP contribution in [-0.4, -0.2) is 21.1 Å². The van der Waals surface area contributed by atoms with Crippen LogP contribution < -0.4 is 5.32 Å². The Labute approximate surface area is 120 Å². The number of carbonyl (C=O) groups excluding carboxylic acids is 1. The van der Waals surface area contributed by atoms with Crippen LogP contribution in [-0.2, 0) is 11.2 Å². The van der Waals surface area contributed by atoms with E-state index in [-0.39, 0.29) is 18.3 Å². The number of hydrogen-bond donors (Lipinski definition) is 1. The van der Waals surface area contributed by atoms with Gasteiger partial charge in [0, 0.05) is 18.0 Å². The minimum absolute atomic E-state index is 0.0859. The van der Waals surface area contributed by atoms with E-state index in [2.05, 4.69) is 20.5 Å². The van der Waals surface area contributed by atoms with E-state index >= 15 is 0 Å². The average Bonchev–Trinajstić information content (AvgIpc) is 2.97. The molecule has 0 aliphatic heterocycles. The number of benzene rings is 1. The summed E-state index contributed by atoms with van der Waals surface area (Å²) in [5, 5.41) is 10.3. The van der Waals surface area contributed by atoms with Crippen molar-refractivity contribution in [1.29, 1.82) is 0 Å². The summed E-state index contributed by atoms with van der Waals surface area (Å²) in [4.78, 5) is 15.8. The summed E-state index contributed by atoms with van der Waals surface area (Å²) in [6.07, 6.45) is 3.52. The molecule has 0 radical (unpaired) electrons. The first-order valence-electron chi connectivity index (χ1n) is 6.39. The van der Waals surface area contributed by atoms with E-state index in [1.54, 1.807) is 24.5 Å². The summed E-state index contributed by atoms with van der Waals surface area (Å²) in [5.41, 5.74) is 1.67. The molecule has 0 aliphatic carbocycles. The van der Waals surface area contributed by atoms with Gasteiger partial charge in [-0.2, -0.15) is 0 Å². The number of nitrogens with one attached hydrogen (secondary N) is 1. The van der Waals surface area contributed by atoms with Crippen LogP contribution in [0.1, 0.15) is 5.56 Å². The third kappa shape index (κ3) is 3.30. The van der Waals surface area contributed by atoms with Gasteiger partial charge in [-0.25, -0.2) is 0 Å². The second-order valence-corrected chi connectivity index (χ2v) is 4.36. The second kappa shape index (κ2) is 5.96. The second-order valence-electron chi connectivity index (χ2n) is 4.36. The van der Waals surface area contributed by atoms with Gasteiger partial charge in [-0.05, 0) is 17.7 Å². The molecule has 2 aromatic heterocycles. The summed E-state index contributed by atoms with van der Waals surface area (Å²) in [7, 11) is 0. The van der Waals surface area contributed by atoms with E-state index in [1.807, 2.05) is 30.3 Å². The van der Waals surface area contributed by atoms with Crippen LogP contribution in [0.2, 0.25) is 0 Å². The highest BCUT2D eigenvalue weighted by Gasteiger charge is 2.11. The Hall–Kier alpha value is -3.02. The fraction of sp³-hybridized carbons (Fsp3) is 0.0667. The van der Waals surface area contributed by atoms with Crippen LogP contribution in [0.4, 0.5) is 6.01 Å². The zero-order valence-corrected chi connectivity index (χ0v) is 11.1. The number of carbonyl (C=O) groups is 1. The van der Waals surface area contributed by atoms with E-state index in [9.17, 15) is 4.79 Å². The van der Waals surface area contributed by atoms with Gasteiger partial charge in [-0.3, -0.25) is 15.1 Å². The molecule has 0 fully saturated rings. The van der Waals surface area contributed by atoms with Gasteiger partial charge >= 0.3 is 6.01 Å². The van der Waals surface area contributed by atoms with Crippen molar-refractivity contribution < 1.29 is 9.21 Å². The highest BCUT2D eigenvalue weighted by atomic mass is 16.4. The molecular formula is C15H12N4O2. The van der Waals surface area contributed by atoms with Crippen molar-refractivity contribution in [2.75, 3.05) is 5.32 Å². The van der Waals surface area contributed by atoms with Crippen molar-refractivity contribution >= 4 is 11.9 Å². The predicted molar refractivity (Wildman–Crippen MR) is 76.3 cm³/mol. The molecule has 3 rings (SSSR count). The van der Waals surface area contributed by atoms with Gasteiger partial charge in [0.25, 0.3) is 0 Å². The molecule has 6 heteroatoms. The Balaban J connectivity index is 1.66. The van der Waals surface area contributed by atoms with Crippen molar-refractivity contribution in [3.05, 3.63) is 60.4 Å². The first-order chi connectivity index (χ1) is 10.3.